The smallest absolute Gasteiger partial charge is 0.232 e. The van der Waals surface area contributed by atoms with Crippen LogP contribution in [0.5, 0.6) is 0 Å². The summed E-state index contributed by atoms with van der Waals surface area (Å²) < 4.78 is 0. The fourth-order valence-electron chi connectivity index (χ4n) is 2.87. The molecule has 130 valence electrons. The maximum Gasteiger partial charge on any atom is 0.232 e. The van der Waals surface area contributed by atoms with Gasteiger partial charge in [0, 0.05) is 50.8 Å². The van der Waals surface area contributed by atoms with Crippen molar-refractivity contribution in [1.29, 1.82) is 0 Å². The lowest BCUT2D eigenvalue weighted by molar-refractivity contribution is -0.136. The third-order valence-electron chi connectivity index (χ3n) is 4.28. The Bertz CT molecular complexity index is 698. The van der Waals surface area contributed by atoms with Gasteiger partial charge >= 0.3 is 0 Å². The monoisotopic (exact) mass is 338 g/mol. The van der Waals surface area contributed by atoms with Crippen LogP contribution in [0.15, 0.2) is 54.9 Å². The largest absolute Gasteiger partial charge is 0.368 e. The van der Waals surface area contributed by atoms with Crippen LogP contribution in [0, 0.1) is 0 Å². The van der Waals surface area contributed by atoms with Gasteiger partial charge in [-0.3, -0.25) is 14.6 Å². The molecule has 1 fully saturated rings. The molecule has 25 heavy (non-hydrogen) atoms. The lowest BCUT2D eigenvalue weighted by Crippen LogP contribution is -2.49. The van der Waals surface area contributed by atoms with Gasteiger partial charge in [0.1, 0.15) is 6.42 Å². The summed E-state index contributed by atoms with van der Waals surface area (Å²) in [4.78, 5) is 32.3. The van der Waals surface area contributed by atoms with E-state index < -0.39 is 0 Å². The number of rotatable bonds is 5. The van der Waals surface area contributed by atoms with Gasteiger partial charge in [-0.15, -0.1) is 0 Å². The molecular weight excluding hydrogens is 316 g/mol. The van der Waals surface area contributed by atoms with Gasteiger partial charge in [-0.1, -0.05) is 24.3 Å². The number of carbonyl (C=O) groups is 2. The van der Waals surface area contributed by atoms with E-state index in [1.54, 1.807) is 17.3 Å². The lowest BCUT2D eigenvalue weighted by Gasteiger charge is -2.36. The molecule has 2 amide bonds. The molecule has 1 aromatic heterocycles. The number of pyridine rings is 1. The van der Waals surface area contributed by atoms with Crippen molar-refractivity contribution >= 4 is 17.5 Å². The average molecular weight is 338 g/mol. The number of anilines is 1. The minimum atomic E-state index is -0.251. The molecule has 3 rings (SSSR count). The molecule has 1 N–H and O–H groups in total. The molecule has 6 nitrogen and oxygen atoms in total. The van der Waals surface area contributed by atoms with Gasteiger partial charge in [-0.2, -0.15) is 0 Å². The van der Waals surface area contributed by atoms with E-state index >= 15 is 0 Å². The molecule has 6 heteroatoms. The van der Waals surface area contributed by atoms with Crippen LogP contribution < -0.4 is 10.2 Å². The lowest BCUT2D eigenvalue weighted by atomic mass is 10.2. The van der Waals surface area contributed by atoms with Crippen molar-refractivity contribution in [2.75, 3.05) is 31.1 Å². The zero-order chi connectivity index (χ0) is 17.5. The molecule has 1 aliphatic rings. The highest BCUT2D eigenvalue weighted by Crippen LogP contribution is 2.15. The Labute approximate surface area is 147 Å². The van der Waals surface area contributed by atoms with E-state index in [0.29, 0.717) is 19.6 Å². The summed E-state index contributed by atoms with van der Waals surface area (Å²) in [5.41, 5.74) is 2.09. The number of hydrogen-bond donors (Lipinski definition) is 1. The van der Waals surface area contributed by atoms with Crippen LogP contribution in [0.3, 0.4) is 0 Å². The minimum absolute atomic E-state index is 0.106. The second-order valence-electron chi connectivity index (χ2n) is 6.02. The van der Waals surface area contributed by atoms with E-state index in [1.807, 2.05) is 30.3 Å². The molecule has 0 unspecified atom stereocenters. The van der Waals surface area contributed by atoms with E-state index in [-0.39, 0.29) is 18.2 Å². The molecule has 0 aliphatic carbocycles. The van der Waals surface area contributed by atoms with Gasteiger partial charge in [0.15, 0.2) is 0 Å². The second kappa shape index (κ2) is 8.28. The Morgan fingerprint density at radius 2 is 1.76 bits per heavy atom. The van der Waals surface area contributed by atoms with Crippen molar-refractivity contribution in [2.24, 2.45) is 0 Å². The van der Waals surface area contributed by atoms with Crippen molar-refractivity contribution in [3.8, 4) is 0 Å². The van der Waals surface area contributed by atoms with Gasteiger partial charge in [-0.25, -0.2) is 0 Å². The highest BCUT2D eigenvalue weighted by Gasteiger charge is 2.22. The van der Waals surface area contributed by atoms with Crippen LogP contribution in [0.25, 0.3) is 0 Å². The number of piperazine rings is 1. The molecule has 0 spiro atoms. The van der Waals surface area contributed by atoms with E-state index in [4.69, 9.17) is 0 Å². The first-order valence-electron chi connectivity index (χ1n) is 8.46. The molecule has 1 saturated heterocycles. The van der Waals surface area contributed by atoms with Crippen molar-refractivity contribution in [2.45, 2.75) is 13.0 Å². The molecule has 1 aliphatic heterocycles. The Balaban J connectivity index is 1.42. The van der Waals surface area contributed by atoms with E-state index in [1.165, 1.54) is 5.69 Å². The number of nitrogens with zero attached hydrogens (tertiary/aromatic N) is 3. The first kappa shape index (κ1) is 17.0. The van der Waals surface area contributed by atoms with Crippen LogP contribution in [-0.4, -0.2) is 47.9 Å². The highest BCUT2D eigenvalue weighted by atomic mass is 16.2. The first-order chi connectivity index (χ1) is 12.2. The maximum atomic E-state index is 12.3. The molecular formula is C19H22N4O2. The SMILES string of the molecule is O=C(CC(=O)N1CCN(c2ccccc2)CC1)NCc1cccnc1. The predicted octanol–water partition coefficient (Wildman–Crippen LogP) is 1.44. The standard InChI is InChI=1S/C19H22N4O2/c24-18(21-15-16-5-4-8-20-14-16)13-19(25)23-11-9-22(10-12-23)17-6-2-1-3-7-17/h1-8,14H,9-13,15H2,(H,21,24). The van der Waals surface area contributed by atoms with Crippen LogP contribution in [0.2, 0.25) is 0 Å². The molecule has 0 atom stereocenters. The van der Waals surface area contributed by atoms with Gasteiger partial charge < -0.3 is 15.1 Å². The number of para-hydroxylation sites is 1. The van der Waals surface area contributed by atoms with Crippen LogP contribution >= 0.6 is 0 Å². The van der Waals surface area contributed by atoms with Crippen LogP contribution in [-0.2, 0) is 16.1 Å². The molecule has 1 aromatic carbocycles. The first-order valence-corrected chi connectivity index (χ1v) is 8.46. The molecule has 2 aromatic rings. The van der Waals surface area contributed by atoms with E-state index in [9.17, 15) is 9.59 Å². The number of hydrogen-bond acceptors (Lipinski definition) is 4. The summed E-state index contributed by atoms with van der Waals surface area (Å²) in [7, 11) is 0. The summed E-state index contributed by atoms with van der Waals surface area (Å²) in [6, 6.07) is 13.9. The van der Waals surface area contributed by atoms with Crippen LogP contribution in [0.1, 0.15) is 12.0 Å². The molecule has 0 bridgehead atoms. The summed E-state index contributed by atoms with van der Waals surface area (Å²) >= 11 is 0. The van der Waals surface area contributed by atoms with Gasteiger partial charge in [0.2, 0.25) is 11.8 Å². The zero-order valence-corrected chi connectivity index (χ0v) is 14.1. The Morgan fingerprint density at radius 3 is 2.44 bits per heavy atom. The summed E-state index contributed by atoms with van der Waals surface area (Å²) in [6.07, 6.45) is 3.28. The van der Waals surface area contributed by atoms with Crippen molar-refractivity contribution < 1.29 is 9.59 Å². The third-order valence-corrected chi connectivity index (χ3v) is 4.28. The number of nitrogens with one attached hydrogen (secondary N) is 1. The Kier molecular flexibility index (Phi) is 5.61. The van der Waals surface area contributed by atoms with E-state index in [2.05, 4.69) is 27.3 Å². The molecule has 0 radical (unpaired) electrons. The number of carbonyl (C=O) groups excluding carboxylic acids is 2. The quantitative estimate of drug-likeness (QED) is 0.838. The summed E-state index contributed by atoms with van der Waals surface area (Å²) in [5.74, 6) is -0.365. The second-order valence-corrected chi connectivity index (χ2v) is 6.02. The van der Waals surface area contributed by atoms with Gasteiger partial charge in [-0.05, 0) is 23.8 Å². The maximum absolute atomic E-state index is 12.3. The summed E-state index contributed by atoms with van der Waals surface area (Å²) in [6.45, 7) is 3.25. The van der Waals surface area contributed by atoms with Crippen molar-refractivity contribution in [3.63, 3.8) is 0 Å². The van der Waals surface area contributed by atoms with Crippen molar-refractivity contribution in [3.05, 3.63) is 60.4 Å². The fraction of sp³-hybridized carbons (Fsp3) is 0.316. The van der Waals surface area contributed by atoms with Gasteiger partial charge in [0.05, 0.1) is 0 Å². The number of benzene rings is 1. The topological polar surface area (TPSA) is 65.5 Å². The third kappa shape index (κ3) is 4.79. The Morgan fingerprint density at radius 1 is 1.00 bits per heavy atom. The average Bonchev–Trinajstić information content (AvgIpc) is 2.68. The molecule has 0 saturated carbocycles. The fourth-order valence-corrected chi connectivity index (χ4v) is 2.87. The highest BCUT2D eigenvalue weighted by molar-refractivity contribution is 5.96. The van der Waals surface area contributed by atoms with Gasteiger partial charge in [0.25, 0.3) is 0 Å². The number of aromatic nitrogens is 1. The zero-order valence-electron chi connectivity index (χ0n) is 14.1. The number of amides is 2. The van der Waals surface area contributed by atoms with E-state index in [0.717, 1.165) is 18.7 Å². The normalized spacial score (nSPS) is 14.2. The van der Waals surface area contributed by atoms with Crippen LogP contribution in [0.4, 0.5) is 5.69 Å². The van der Waals surface area contributed by atoms with Crippen molar-refractivity contribution in [1.82, 2.24) is 15.2 Å². The molecule has 2 heterocycles. The Hall–Kier alpha value is -2.89. The summed E-state index contributed by atoms with van der Waals surface area (Å²) in [5, 5.41) is 2.77. The minimum Gasteiger partial charge on any atom is -0.368 e. The predicted molar refractivity (Wildman–Crippen MR) is 95.9 cm³/mol.